The van der Waals surface area contributed by atoms with Crippen molar-refractivity contribution >= 4 is 40.8 Å². The lowest BCUT2D eigenvalue weighted by Gasteiger charge is -2.09. The summed E-state index contributed by atoms with van der Waals surface area (Å²) >= 11 is 11.7. The van der Waals surface area contributed by atoms with E-state index in [2.05, 4.69) is 12.2 Å². The Morgan fingerprint density at radius 1 is 1.04 bits per heavy atom. The summed E-state index contributed by atoms with van der Waals surface area (Å²) in [6.45, 7) is 1.39. The minimum atomic E-state index is -0.675. The zero-order valence-corrected chi connectivity index (χ0v) is 16.5. The van der Waals surface area contributed by atoms with Crippen LogP contribution in [-0.2, 0) is 20.7 Å². The molecule has 7 heteroatoms. The van der Waals surface area contributed by atoms with Gasteiger partial charge in [-0.3, -0.25) is 4.79 Å². The molecule has 0 heterocycles. The molecule has 144 valence electrons. The van der Waals surface area contributed by atoms with Gasteiger partial charge in [-0.1, -0.05) is 48.7 Å². The smallest absolute Gasteiger partial charge is 0.344 e. The van der Waals surface area contributed by atoms with Crippen LogP contribution in [0.1, 0.15) is 25.3 Å². The number of amides is 1. The zero-order valence-electron chi connectivity index (χ0n) is 15.0. The van der Waals surface area contributed by atoms with Gasteiger partial charge in [0.05, 0.1) is 5.02 Å². The predicted molar refractivity (Wildman–Crippen MR) is 107 cm³/mol. The number of aryl methyl sites for hydroxylation is 1. The molecule has 0 unspecified atom stereocenters. The number of ether oxygens (including phenoxy) is 2. The molecular formula is C20H21Cl2NO4. The SMILES string of the molecule is CCCCc1ccc(NC(=O)COC(=O)COc2ccc(Cl)cc2Cl)cc1. The van der Waals surface area contributed by atoms with Crippen LogP contribution in [0.5, 0.6) is 5.75 Å². The number of rotatable bonds is 9. The second-order valence-corrected chi connectivity index (χ2v) is 6.72. The summed E-state index contributed by atoms with van der Waals surface area (Å²) in [5.74, 6) is -0.786. The second kappa shape index (κ2) is 10.8. The minimum Gasteiger partial charge on any atom is -0.480 e. The molecule has 27 heavy (non-hydrogen) atoms. The van der Waals surface area contributed by atoms with Gasteiger partial charge in [0.1, 0.15) is 5.75 Å². The quantitative estimate of drug-likeness (QED) is 0.598. The number of halogens is 2. The van der Waals surface area contributed by atoms with Crippen molar-refractivity contribution in [2.75, 3.05) is 18.5 Å². The van der Waals surface area contributed by atoms with Gasteiger partial charge in [-0.05, 0) is 48.7 Å². The molecule has 0 aromatic heterocycles. The predicted octanol–water partition coefficient (Wildman–Crippen LogP) is 4.90. The van der Waals surface area contributed by atoms with Crippen LogP contribution in [0.25, 0.3) is 0 Å². The Labute approximate surface area is 168 Å². The number of anilines is 1. The molecule has 0 spiro atoms. The van der Waals surface area contributed by atoms with E-state index >= 15 is 0 Å². The molecule has 2 rings (SSSR count). The first-order valence-corrected chi connectivity index (χ1v) is 9.35. The topological polar surface area (TPSA) is 64.6 Å². The van der Waals surface area contributed by atoms with Crippen molar-refractivity contribution in [3.05, 3.63) is 58.1 Å². The first-order valence-electron chi connectivity index (χ1n) is 8.60. The van der Waals surface area contributed by atoms with E-state index in [1.54, 1.807) is 12.1 Å². The van der Waals surface area contributed by atoms with E-state index in [-0.39, 0.29) is 11.6 Å². The van der Waals surface area contributed by atoms with Gasteiger partial charge in [-0.15, -0.1) is 0 Å². The highest BCUT2D eigenvalue weighted by Gasteiger charge is 2.10. The zero-order chi connectivity index (χ0) is 19.6. The molecule has 0 aliphatic rings. The third kappa shape index (κ3) is 7.49. The van der Waals surface area contributed by atoms with Crippen molar-refractivity contribution in [1.29, 1.82) is 0 Å². The maximum Gasteiger partial charge on any atom is 0.344 e. The fourth-order valence-corrected chi connectivity index (χ4v) is 2.71. The van der Waals surface area contributed by atoms with Gasteiger partial charge in [-0.2, -0.15) is 0 Å². The van der Waals surface area contributed by atoms with Crippen LogP contribution in [0, 0.1) is 0 Å². The molecule has 0 saturated heterocycles. The maximum atomic E-state index is 11.9. The molecule has 1 N–H and O–H groups in total. The Morgan fingerprint density at radius 2 is 1.78 bits per heavy atom. The lowest BCUT2D eigenvalue weighted by Crippen LogP contribution is -2.23. The molecule has 0 radical (unpaired) electrons. The van der Waals surface area contributed by atoms with Gasteiger partial charge < -0.3 is 14.8 Å². The normalized spacial score (nSPS) is 10.3. The fraction of sp³-hybridized carbons (Fsp3) is 0.300. The average Bonchev–Trinajstić information content (AvgIpc) is 2.65. The molecule has 2 aromatic rings. The Hall–Kier alpha value is -2.24. The number of benzene rings is 2. The lowest BCUT2D eigenvalue weighted by molar-refractivity contribution is -0.149. The van der Waals surface area contributed by atoms with Crippen molar-refractivity contribution in [2.24, 2.45) is 0 Å². The summed E-state index contributed by atoms with van der Waals surface area (Å²) in [5.41, 5.74) is 1.87. The van der Waals surface area contributed by atoms with Crippen molar-refractivity contribution in [2.45, 2.75) is 26.2 Å². The Bertz CT molecular complexity index is 778. The molecule has 0 atom stereocenters. The third-order valence-corrected chi connectivity index (χ3v) is 4.19. The maximum absolute atomic E-state index is 11.9. The summed E-state index contributed by atoms with van der Waals surface area (Å²) in [4.78, 5) is 23.6. The van der Waals surface area contributed by atoms with Gasteiger partial charge in [0.2, 0.25) is 0 Å². The Morgan fingerprint density at radius 3 is 2.44 bits per heavy atom. The fourth-order valence-electron chi connectivity index (χ4n) is 2.25. The van der Waals surface area contributed by atoms with E-state index in [1.165, 1.54) is 11.6 Å². The van der Waals surface area contributed by atoms with E-state index in [9.17, 15) is 9.59 Å². The van der Waals surface area contributed by atoms with Crippen LogP contribution in [-0.4, -0.2) is 25.1 Å². The van der Waals surface area contributed by atoms with Crippen LogP contribution >= 0.6 is 23.2 Å². The number of nitrogens with one attached hydrogen (secondary N) is 1. The first kappa shape index (κ1) is 21.1. The Kier molecular flexibility index (Phi) is 8.43. The number of carbonyl (C=O) groups is 2. The van der Waals surface area contributed by atoms with Crippen LogP contribution in [0.15, 0.2) is 42.5 Å². The molecule has 0 bridgehead atoms. The Balaban J connectivity index is 1.72. The molecule has 5 nitrogen and oxygen atoms in total. The van der Waals surface area contributed by atoms with Crippen LogP contribution < -0.4 is 10.1 Å². The van der Waals surface area contributed by atoms with Gasteiger partial charge in [0.15, 0.2) is 13.2 Å². The lowest BCUT2D eigenvalue weighted by atomic mass is 10.1. The summed E-state index contributed by atoms with van der Waals surface area (Å²) in [6, 6.07) is 12.3. The largest absolute Gasteiger partial charge is 0.480 e. The van der Waals surface area contributed by atoms with Crippen LogP contribution in [0.3, 0.4) is 0 Å². The van der Waals surface area contributed by atoms with E-state index in [4.69, 9.17) is 32.7 Å². The summed E-state index contributed by atoms with van der Waals surface area (Å²) in [6.07, 6.45) is 3.28. The molecular weight excluding hydrogens is 389 g/mol. The van der Waals surface area contributed by atoms with Crippen LogP contribution in [0.2, 0.25) is 10.0 Å². The second-order valence-electron chi connectivity index (χ2n) is 5.87. The van der Waals surface area contributed by atoms with E-state index in [1.807, 2.05) is 24.3 Å². The van der Waals surface area contributed by atoms with Crippen molar-refractivity contribution in [3.8, 4) is 5.75 Å². The first-order chi connectivity index (χ1) is 13.0. The summed E-state index contributed by atoms with van der Waals surface area (Å²) < 4.78 is 10.1. The van der Waals surface area contributed by atoms with Gasteiger partial charge in [-0.25, -0.2) is 4.79 Å². The molecule has 0 aliphatic heterocycles. The van der Waals surface area contributed by atoms with Crippen molar-refractivity contribution in [3.63, 3.8) is 0 Å². The monoisotopic (exact) mass is 409 g/mol. The highest BCUT2D eigenvalue weighted by atomic mass is 35.5. The number of carbonyl (C=O) groups excluding carboxylic acids is 2. The standard InChI is InChI=1S/C20H21Cl2NO4/c1-2-3-4-14-5-8-16(9-6-14)23-19(24)12-27-20(25)13-26-18-10-7-15(21)11-17(18)22/h5-11H,2-4,12-13H2,1H3,(H,23,24). The number of hydrogen-bond donors (Lipinski definition) is 1. The molecule has 0 saturated carbocycles. The van der Waals surface area contributed by atoms with E-state index < -0.39 is 18.5 Å². The van der Waals surface area contributed by atoms with Crippen molar-refractivity contribution < 1.29 is 19.1 Å². The van der Waals surface area contributed by atoms with Crippen molar-refractivity contribution in [1.82, 2.24) is 0 Å². The number of esters is 1. The van der Waals surface area contributed by atoms with E-state index in [0.29, 0.717) is 16.5 Å². The minimum absolute atomic E-state index is 0.287. The van der Waals surface area contributed by atoms with Gasteiger partial charge in [0, 0.05) is 10.7 Å². The van der Waals surface area contributed by atoms with Gasteiger partial charge in [0.25, 0.3) is 5.91 Å². The summed E-state index contributed by atoms with van der Waals surface area (Å²) in [5, 5.41) is 3.43. The van der Waals surface area contributed by atoms with Crippen LogP contribution in [0.4, 0.5) is 5.69 Å². The van der Waals surface area contributed by atoms with E-state index in [0.717, 1.165) is 19.3 Å². The molecule has 0 fully saturated rings. The molecule has 1 amide bonds. The average molecular weight is 410 g/mol. The third-order valence-electron chi connectivity index (χ3n) is 3.66. The molecule has 0 aliphatic carbocycles. The summed E-state index contributed by atoms with van der Waals surface area (Å²) in [7, 11) is 0. The number of unbranched alkanes of at least 4 members (excludes halogenated alkanes) is 1. The number of hydrogen-bond acceptors (Lipinski definition) is 4. The highest BCUT2D eigenvalue weighted by Crippen LogP contribution is 2.27. The van der Waals surface area contributed by atoms with Gasteiger partial charge >= 0.3 is 5.97 Å². The molecule has 2 aromatic carbocycles. The highest BCUT2D eigenvalue weighted by molar-refractivity contribution is 6.35.